The van der Waals surface area contributed by atoms with Gasteiger partial charge in [-0.1, -0.05) is 18.2 Å². The van der Waals surface area contributed by atoms with Crippen molar-refractivity contribution >= 4 is 0 Å². The van der Waals surface area contributed by atoms with Gasteiger partial charge in [-0.25, -0.2) is 0 Å². The number of benzene rings is 1. The lowest BCUT2D eigenvalue weighted by molar-refractivity contribution is -0.274. The molecule has 1 aromatic heterocycles. The molecule has 0 fully saturated rings. The molecule has 0 amide bonds. The quantitative estimate of drug-likeness (QED) is 0.930. The zero-order valence-electron chi connectivity index (χ0n) is 9.69. The molecule has 6 heteroatoms. The molecule has 2 rings (SSSR count). The van der Waals surface area contributed by atoms with Crippen LogP contribution >= 0.6 is 0 Å². The fourth-order valence-electron chi connectivity index (χ4n) is 1.66. The van der Waals surface area contributed by atoms with Crippen LogP contribution in [-0.2, 0) is 6.61 Å². The van der Waals surface area contributed by atoms with E-state index in [1.807, 2.05) is 0 Å². The van der Waals surface area contributed by atoms with Gasteiger partial charge in [0, 0.05) is 11.8 Å². The first kappa shape index (κ1) is 13.4. The zero-order valence-corrected chi connectivity index (χ0v) is 9.69. The standard InChI is InChI=1S/C13H10F3NO2/c14-13(15,16)19-10-5-3-9(4-6-10)11-2-1-7-17-12(11)8-18/h1-7,18H,8H2. The van der Waals surface area contributed by atoms with E-state index in [0.29, 0.717) is 16.8 Å². The van der Waals surface area contributed by atoms with Gasteiger partial charge in [-0.05, 0) is 23.8 Å². The highest BCUT2D eigenvalue weighted by Gasteiger charge is 2.30. The predicted octanol–water partition coefficient (Wildman–Crippen LogP) is 3.14. The molecule has 3 nitrogen and oxygen atoms in total. The average Bonchev–Trinajstić information content (AvgIpc) is 2.38. The van der Waals surface area contributed by atoms with Crippen molar-refractivity contribution in [2.75, 3.05) is 0 Å². The highest BCUT2D eigenvalue weighted by molar-refractivity contribution is 5.66. The van der Waals surface area contributed by atoms with E-state index in [2.05, 4.69) is 9.72 Å². The Morgan fingerprint density at radius 2 is 1.79 bits per heavy atom. The van der Waals surface area contributed by atoms with Crippen molar-refractivity contribution in [1.82, 2.24) is 4.98 Å². The van der Waals surface area contributed by atoms with Crippen LogP contribution in [0.25, 0.3) is 11.1 Å². The van der Waals surface area contributed by atoms with E-state index in [0.717, 1.165) is 0 Å². The number of nitrogens with zero attached hydrogens (tertiary/aromatic N) is 1. The molecule has 0 spiro atoms. The first-order valence-electron chi connectivity index (χ1n) is 5.40. The van der Waals surface area contributed by atoms with Gasteiger partial charge in [0.15, 0.2) is 0 Å². The minimum atomic E-state index is -4.70. The van der Waals surface area contributed by atoms with Gasteiger partial charge >= 0.3 is 6.36 Å². The molecule has 1 heterocycles. The first-order chi connectivity index (χ1) is 8.99. The van der Waals surface area contributed by atoms with Crippen LogP contribution in [0.3, 0.4) is 0 Å². The van der Waals surface area contributed by atoms with E-state index in [9.17, 15) is 13.2 Å². The Morgan fingerprint density at radius 1 is 1.11 bits per heavy atom. The van der Waals surface area contributed by atoms with Crippen molar-refractivity contribution in [2.24, 2.45) is 0 Å². The summed E-state index contributed by atoms with van der Waals surface area (Å²) in [6.07, 6.45) is -3.16. The number of pyridine rings is 1. The highest BCUT2D eigenvalue weighted by Crippen LogP contribution is 2.27. The second-order valence-corrected chi connectivity index (χ2v) is 3.73. The van der Waals surface area contributed by atoms with E-state index >= 15 is 0 Å². The smallest absolute Gasteiger partial charge is 0.406 e. The third-order valence-corrected chi connectivity index (χ3v) is 2.44. The molecule has 0 saturated heterocycles. The van der Waals surface area contributed by atoms with E-state index in [1.54, 1.807) is 12.1 Å². The van der Waals surface area contributed by atoms with Crippen LogP contribution in [0.1, 0.15) is 5.69 Å². The molecule has 0 atom stereocenters. The predicted molar refractivity (Wildman–Crippen MR) is 62.3 cm³/mol. The van der Waals surface area contributed by atoms with Gasteiger partial charge in [0.05, 0.1) is 12.3 Å². The Kier molecular flexibility index (Phi) is 3.71. The summed E-state index contributed by atoms with van der Waals surface area (Å²) in [5.41, 5.74) is 1.79. The molecule has 2 aromatic rings. The second-order valence-electron chi connectivity index (χ2n) is 3.73. The molecule has 100 valence electrons. The number of aliphatic hydroxyl groups excluding tert-OH is 1. The summed E-state index contributed by atoms with van der Waals surface area (Å²) in [4.78, 5) is 3.99. The fraction of sp³-hybridized carbons (Fsp3) is 0.154. The van der Waals surface area contributed by atoms with Crippen LogP contribution in [0, 0.1) is 0 Å². The monoisotopic (exact) mass is 269 g/mol. The number of hydrogen-bond donors (Lipinski definition) is 1. The van der Waals surface area contributed by atoms with Gasteiger partial charge in [-0.15, -0.1) is 13.2 Å². The summed E-state index contributed by atoms with van der Waals surface area (Å²) >= 11 is 0. The van der Waals surface area contributed by atoms with Gasteiger partial charge in [-0.2, -0.15) is 0 Å². The Bertz CT molecular complexity index is 553. The zero-order chi connectivity index (χ0) is 13.9. The van der Waals surface area contributed by atoms with Gasteiger partial charge in [-0.3, -0.25) is 4.98 Å². The summed E-state index contributed by atoms with van der Waals surface area (Å²) in [5.74, 6) is -0.286. The molecule has 0 aliphatic rings. The topological polar surface area (TPSA) is 42.4 Å². The average molecular weight is 269 g/mol. The highest BCUT2D eigenvalue weighted by atomic mass is 19.4. The minimum absolute atomic E-state index is 0.239. The van der Waals surface area contributed by atoms with Crippen LogP contribution in [0.5, 0.6) is 5.75 Å². The molecule has 1 N–H and O–H groups in total. The first-order valence-corrected chi connectivity index (χ1v) is 5.40. The van der Waals surface area contributed by atoms with Gasteiger partial charge in [0.1, 0.15) is 5.75 Å². The van der Waals surface area contributed by atoms with Crippen molar-refractivity contribution < 1.29 is 23.0 Å². The number of ether oxygens (including phenoxy) is 1. The van der Waals surface area contributed by atoms with E-state index in [-0.39, 0.29) is 12.4 Å². The van der Waals surface area contributed by atoms with Crippen LogP contribution < -0.4 is 4.74 Å². The van der Waals surface area contributed by atoms with E-state index < -0.39 is 6.36 Å². The minimum Gasteiger partial charge on any atom is -0.406 e. The molecule has 19 heavy (non-hydrogen) atoms. The number of aromatic nitrogens is 1. The Hall–Kier alpha value is -2.08. The summed E-state index contributed by atoms with van der Waals surface area (Å²) in [5, 5.41) is 9.15. The summed E-state index contributed by atoms with van der Waals surface area (Å²) in [6.45, 7) is -0.239. The third-order valence-electron chi connectivity index (χ3n) is 2.44. The number of hydrogen-bond acceptors (Lipinski definition) is 3. The van der Waals surface area contributed by atoms with Crippen molar-refractivity contribution in [1.29, 1.82) is 0 Å². The molecule has 0 aliphatic heterocycles. The lowest BCUT2D eigenvalue weighted by Gasteiger charge is -2.10. The maximum atomic E-state index is 12.0. The Balaban J connectivity index is 2.27. The van der Waals surface area contributed by atoms with Crippen molar-refractivity contribution in [2.45, 2.75) is 13.0 Å². The van der Waals surface area contributed by atoms with Crippen LogP contribution in [0.4, 0.5) is 13.2 Å². The summed E-state index contributed by atoms with van der Waals surface area (Å²) < 4.78 is 39.8. The van der Waals surface area contributed by atoms with E-state index in [1.165, 1.54) is 30.5 Å². The van der Waals surface area contributed by atoms with Crippen LogP contribution in [-0.4, -0.2) is 16.5 Å². The maximum absolute atomic E-state index is 12.0. The van der Waals surface area contributed by atoms with Gasteiger partial charge in [0.25, 0.3) is 0 Å². The van der Waals surface area contributed by atoms with Gasteiger partial charge in [0.2, 0.25) is 0 Å². The third kappa shape index (κ3) is 3.45. The van der Waals surface area contributed by atoms with Crippen LogP contribution in [0.2, 0.25) is 0 Å². The normalized spacial score (nSPS) is 11.4. The molecule has 0 bridgehead atoms. The lowest BCUT2D eigenvalue weighted by Crippen LogP contribution is -2.16. The Labute approximate surface area is 107 Å². The van der Waals surface area contributed by atoms with E-state index in [4.69, 9.17) is 5.11 Å². The molecular weight excluding hydrogens is 259 g/mol. The molecular formula is C13H10F3NO2. The fourth-order valence-corrected chi connectivity index (χ4v) is 1.66. The molecule has 0 unspecified atom stereocenters. The molecule has 1 aromatic carbocycles. The largest absolute Gasteiger partial charge is 0.573 e. The number of aliphatic hydroxyl groups is 1. The number of rotatable bonds is 3. The Morgan fingerprint density at radius 3 is 2.37 bits per heavy atom. The summed E-state index contributed by atoms with van der Waals surface area (Å²) in [6, 6.07) is 8.83. The summed E-state index contributed by atoms with van der Waals surface area (Å²) in [7, 11) is 0. The van der Waals surface area contributed by atoms with Crippen molar-refractivity contribution in [3.8, 4) is 16.9 Å². The van der Waals surface area contributed by atoms with Gasteiger partial charge < -0.3 is 9.84 Å². The van der Waals surface area contributed by atoms with Crippen molar-refractivity contribution in [3.63, 3.8) is 0 Å². The maximum Gasteiger partial charge on any atom is 0.573 e. The molecule has 0 aliphatic carbocycles. The second kappa shape index (κ2) is 5.27. The molecule has 0 radical (unpaired) electrons. The van der Waals surface area contributed by atoms with Crippen LogP contribution in [0.15, 0.2) is 42.6 Å². The lowest BCUT2D eigenvalue weighted by atomic mass is 10.0. The SMILES string of the molecule is OCc1ncccc1-c1ccc(OC(F)(F)F)cc1. The van der Waals surface area contributed by atoms with Crippen molar-refractivity contribution in [3.05, 3.63) is 48.3 Å². The molecule has 0 saturated carbocycles. The number of alkyl halides is 3. The number of halogens is 3.